The van der Waals surface area contributed by atoms with E-state index in [2.05, 4.69) is 19.2 Å². The number of hydrogen-bond acceptors (Lipinski definition) is 6. The second-order valence-electron chi connectivity index (χ2n) is 15.6. The lowest BCUT2D eigenvalue weighted by molar-refractivity contribution is -0.123. The molecule has 0 aromatic rings. The highest BCUT2D eigenvalue weighted by Crippen LogP contribution is 2.43. The Labute approximate surface area is 322 Å². The standard InChI is InChI=1S/C43H89N2O6P/c1-3-5-7-9-11-13-15-17-19-20-21-23-24-26-28-30-32-34-36-42(46)41(40-51-52(48,49)50-39-38-44)45-43(47)37-35-33-31-29-27-25-22-18-16-14-12-10-8-6-4-2/h41-42,46H,3-40,44H2,1-2H3,(H,45,47)(H,48,49). The lowest BCUT2D eigenvalue weighted by Crippen LogP contribution is -2.46. The molecule has 0 saturated heterocycles. The van der Waals surface area contributed by atoms with Crippen molar-refractivity contribution in [2.24, 2.45) is 5.73 Å². The minimum absolute atomic E-state index is 0.0926. The average molecular weight is 761 g/mol. The smallest absolute Gasteiger partial charge is 0.391 e. The highest BCUT2D eigenvalue weighted by Gasteiger charge is 2.27. The molecule has 0 aromatic heterocycles. The maximum atomic E-state index is 12.8. The van der Waals surface area contributed by atoms with E-state index in [0.717, 1.165) is 38.5 Å². The van der Waals surface area contributed by atoms with Crippen molar-refractivity contribution in [3.63, 3.8) is 0 Å². The third-order valence-electron chi connectivity index (χ3n) is 10.5. The van der Waals surface area contributed by atoms with Crippen LogP contribution in [0.3, 0.4) is 0 Å². The first-order chi connectivity index (χ1) is 25.4. The van der Waals surface area contributed by atoms with Crippen molar-refractivity contribution in [2.75, 3.05) is 19.8 Å². The topological polar surface area (TPSA) is 131 Å². The van der Waals surface area contributed by atoms with Crippen LogP contribution in [0.1, 0.15) is 239 Å². The van der Waals surface area contributed by atoms with E-state index in [1.807, 2.05) is 0 Å². The van der Waals surface area contributed by atoms with E-state index in [1.165, 1.54) is 173 Å². The normalized spacial score (nSPS) is 14.0. The van der Waals surface area contributed by atoms with Crippen LogP contribution < -0.4 is 11.1 Å². The Morgan fingerprint density at radius 3 is 1.23 bits per heavy atom. The van der Waals surface area contributed by atoms with Gasteiger partial charge in [-0.2, -0.15) is 0 Å². The molecule has 0 heterocycles. The van der Waals surface area contributed by atoms with Crippen LogP contribution in [-0.4, -0.2) is 47.8 Å². The Bertz CT molecular complexity index is 789. The van der Waals surface area contributed by atoms with E-state index >= 15 is 0 Å². The number of amides is 1. The molecule has 8 nitrogen and oxygen atoms in total. The van der Waals surface area contributed by atoms with Crippen molar-refractivity contribution in [3.05, 3.63) is 0 Å². The summed E-state index contributed by atoms with van der Waals surface area (Å²) in [5.74, 6) is -0.157. The van der Waals surface area contributed by atoms with Crippen molar-refractivity contribution in [2.45, 2.75) is 251 Å². The monoisotopic (exact) mass is 761 g/mol. The molecule has 312 valence electrons. The van der Waals surface area contributed by atoms with Crippen LogP contribution in [-0.2, 0) is 18.4 Å². The largest absolute Gasteiger partial charge is 0.472 e. The van der Waals surface area contributed by atoms with Crippen LogP contribution in [0.15, 0.2) is 0 Å². The number of hydrogen-bond donors (Lipinski definition) is 4. The van der Waals surface area contributed by atoms with Gasteiger partial charge in [0.15, 0.2) is 0 Å². The number of carbonyl (C=O) groups is 1. The minimum atomic E-state index is -4.31. The van der Waals surface area contributed by atoms with Crippen LogP contribution in [0.4, 0.5) is 0 Å². The molecule has 9 heteroatoms. The zero-order valence-corrected chi connectivity index (χ0v) is 35.5. The fraction of sp³-hybridized carbons (Fsp3) is 0.977. The van der Waals surface area contributed by atoms with Gasteiger partial charge in [-0.05, 0) is 12.8 Å². The lowest BCUT2D eigenvalue weighted by atomic mass is 10.0. The van der Waals surface area contributed by atoms with Crippen molar-refractivity contribution in [1.82, 2.24) is 5.32 Å². The number of phosphoric ester groups is 1. The van der Waals surface area contributed by atoms with E-state index in [9.17, 15) is 19.4 Å². The Kier molecular flexibility index (Phi) is 39.8. The summed E-state index contributed by atoms with van der Waals surface area (Å²) >= 11 is 0. The molecule has 0 spiro atoms. The molecule has 5 N–H and O–H groups in total. The molecule has 0 rings (SSSR count). The Hall–Kier alpha value is -0.500. The number of aliphatic hydroxyl groups is 1. The fourth-order valence-electron chi connectivity index (χ4n) is 7.02. The third kappa shape index (κ3) is 37.8. The summed E-state index contributed by atoms with van der Waals surface area (Å²) in [5, 5.41) is 13.8. The average Bonchev–Trinajstić information content (AvgIpc) is 3.13. The van der Waals surface area contributed by atoms with E-state index in [4.69, 9.17) is 14.8 Å². The van der Waals surface area contributed by atoms with E-state index in [0.29, 0.717) is 12.8 Å². The highest BCUT2D eigenvalue weighted by molar-refractivity contribution is 7.47. The maximum absolute atomic E-state index is 12.8. The third-order valence-corrected chi connectivity index (χ3v) is 11.4. The van der Waals surface area contributed by atoms with Gasteiger partial charge in [-0.15, -0.1) is 0 Å². The molecule has 3 unspecified atom stereocenters. The predicted molar refractivity (Wildman–Crippen MR) is 222 cm³/mol. The molecule has 0 aromatic carbocycles. The Balaban J connectivity index is 4.09. The molecule has 0 fully saturated rings. The Morgan fingerprint density at radius 1 is 0.558 bits per heavy atom. The van der Waals surface area contributed by atoms with Crippen molar-refractivity contribution in [3.8, 4) is 0 Å². The summed E-state index contributed by atoms with van der Waals surface area (Å²) in [4.78, 5) is 22.7. The lowest BCUT2D eigenvalue weighted by Gasteiger charge is -2.25. The summed E-state index contributed by atoms with van der Waals surface area (Å²) < 4.78 is 22.2. The van der Waals surface area contributed by atoms with Gasteiger partial charge >= 0.3 is 7.82 Å². The van der Waals surface area contributed by atoms with Gasteiger partial charge in [0.1, 0.15) is 0 Å². The zero-order chi connectivity index (χ0) is 38.2. The van der Waals surface area contributed by atoms with Crippen molar-refractivity contribution in [1.29, 1.82) is 0 Å². The van der Waals surface area contributed by atoms with Gasteiger partial charge in [0.2, 0.25) is 5.91 Å². The molecule has 1 amide bonds. The summed E-state index contributed by atoms with van der Waals surface area (Å²) in [5.41, 5.74) is 5.38. The van der Waals surface area contributed by atoms with Crippen LogP contribution in [0.2, 0.25) is 0 Å². The number of nitrogens with two attached hydrogens (primary N) is 1. The number of nitrogens with one attached hydrogen (secondary N) is 1. The molecule has 52 heavy (non-hydrogen) atoms. The molecular weight excluding hydrogens is 671 g/mol. The molecule has 0 radical (unpaired) electrons. The second-order valence-corrected chi connectivity index (χ2v) is 17.1. The zero-order valence-electron chi connectivity index (χ0n) is 34.6. The van der Waals surface area contributed by atoms with Crippen molar-refractivity contribution < 1.29 is 28.4 Å². The molecule has 3 atom stereocenters. The van der Waals surface area contributed by atoms with E-state index < -0.39 is 20.0 Å². The van der Waals surface area contributed by atoms with Gasteiger partial charge in [-0.25, -0.2) is 4.57 Å². The summed E-state index contributed by atoms with van der Waals surface area (Å²) in [6.45, 7) is 4.24. The van der Waals surface area contributed by atoms with Crippen LogP contribution in [0.25, 0.3) is 0 Å². The minimum Gasteiger partial charge on any atom is -0.391 e. The number of carbonyl (C=O) groups excluding carboxylic acids is 1. The van der Waals surface area contributed by atoms with Crippen LogP contribution in [0.5, 0.6) is 0 Å². The van der Waals surface area contributed by atoms with Crippen molar-refractivity contribution >= 4 is 13.7 Å². The second kappa shape index (κ2) is 40.2. The SMILES string of the molecule is CCCCCCCCCCCCCCCCCCCCC(O)C(COP(=O)(O)OCCN)NC(=O)CCCCCCCCCCCCCCCCC. The predicted octanol–water partition coefficient (Wildman–Crippen LogP) is 12.6. The number of rotatable bonds is 43. The summed E-state index contributed by atoms with van der Waals surface area (Å²) in [7, 11) is -4.31. The maximum Gasteiger partial charge on any atom is 0.472 e. The number of aliphatic hydroxyl groups excluding tert-OH is 1. The van der Waals surface area contributed by atoms with E-state index in [1.54, 1.807) is 0 Å². The molecule has 0 aliphatic rings. The van der Waals surface area contributed by atoms with E-state index in [-0.39, 0.29) is 25.7 Å². The molecule has 0 aliphatic heterocycles. The van der Waals surface area contributed by atoms with Gasteiger partial charge < -0.3 is 21.1 Å². The first kappa shape index (κ1) is 51.5. The summed E-state index contributed by atoms with van der Waals surface area (Å²) in [6, 6.07) is -0.767. The summed E-state index contributed by atoms with van der Waals surface area (Å²) in [6.07, 6.45) is 42.5. The first-order valence-corrected chi connectivity index (χ1v) is 24.1. The quantitative estimate of drug-likeness (QED) is 0.0359. The van der Waals surface area contributed by atoms with Crippen LogP contribution >= 0.6 is 7.82 Å². The first-order valence-electron chi connectivity index (χ1n) is 22.7. The van der Waals surface area contributed by atoms with Gasteiger partial charge in [0.05, 0.1) is 25.4 Å². The molecular formula is C43H89N2O6P. The number of unbranched alkanes of at least 4 members (excludes halogenated alkanes) is 31. The Morgan fingerprint density at radius 2 is 0.885 bits per heavy atom. The molecule has 0 bridgehead atoms. The van der Waals surface area contributed by atoms with Gasteiger partial charge in [-0.1, -0.05) is 219 Å². The van der Waals surface area contributed by atoms with Gasteiger partial charge in [-0.3, -0.25) is 13.8 Å². The molecule has 0 saturated carbocycles. The van der Waals surface area contributed by atoms with Crippen LogP contribution in [0, 0.1) is 0 Å². The molecule has 0 aliphatic carbocycles. The van der Waals surface area contributed by atoms with Gasteiger partial charge in [0.25, 0.3) is 0 Å². The van der Waals surface area contributed by atoms with Gasteiger partial charge in [0, 0.05) is 13.0 Å². The highest BCUT2D eigenvalue weighted by atomic mass is 31.2. The number of phosphoric acid groups is 1. The fourth-order valence-corrected chi connectivity index (χ4v) is 7.78.